The lowest BCUT2D eigenvalue weighted by Gasteiger charge is -2.21. The summed E-state index contributed by atoms with van der Waals surface area (Å²) < 4.78 is 5.27. The average molecular weight is 305 g/mol. The molecule has 0 saturated carbocycles. The molecule has 4 nitrogen and oxygen atoms in total. The summed E-state index contributed by atoms with van der Waals surface area (Å²) in [6.07, 6.45) is 1.23. The zero-order valence-corrected chi connectivity index (χ0v) is 13.7. The Morgan fingerprint density at radius 1 is 1.14 bits per heavy atom. The van der Waals surface area contributed by atoms with Gasteiger partial charge in [-0.25, -0.2) is 0 Å². The second-order valence-electron chi connectivity index (χ2n) is 5.84. The van der Waals surface area contributed by atoms with Gasteiger partial charge in [-0.15, -0.1) is 0 Å². The Morgan fingerprint density at radius 2 is 1.90 bits per heavy atom. The molecule has 21 heavy (non-hydrogen) atoms. The van der Waals surface area contributed by atoms with Crippen molar-refractivity contribution in [3.63, 3.8) is 0 Å². The van der Waals surface area contributed by atoms with Crippen molar-refractivity contribution in [2.75, 3.05) is 26.2 Å². The summed E-state index contributed by atoms with van der Waals surface area (Å²) in [5, 5.41) is 8.48. The van der Waals surface area contributed by atoms with Crippen LogP contribution < -0.4 is 0 Å². The van der Waals surface area contributed by atoms with E-state index in [0.29, 0.717) is 0 Å². The van der Waals surface area contributed by atoms with E-state index < -0.39 is 0 Å². The molecule has 0 bridgehead atoms. The van der Waals surface area contributed by atoms with Crippen LogP contribution in [0.1, 0.15) is 29.0 Å². The van der Waals surface area contributed by atoms with Crippen molar-refractivity contribution in [1.29, 1.82) is 0 Å². The van der Waals surface area contributed by atoms with Crippen LogP contribution in [0, 0.1) is 13.8 Å². The third kappa shape index (κ3) is 3.73. The predicted molar refractivity (Wildman–Crippen MR) is 85.5 cm³/mol. The highest BCUT2D eigenvalue weighted by Gasteiger charge is 2.18. The third-order valence-electron chi connectivity index (χ3n) is 4.23. The van der Waals surface area contributed by atoms with Gasteiger partial charge >= 0.3 is 0 Å². The molecular weight excluding hydrogens is 282 g/mol. The van der Waals surface area contributed by atoms with E-state index in [1.54, 1.807) is 11.3 Å². The fourth-order valence-electron chi connectivity index (χ4n) is 2.93. The fraction of sp³-hybridized carbons (Fsp3) is 0.562. The highest BCUT2D eigenvalue weighted by Crippen LogP contribution is 2.17. The Labute approximate surface area is 130 Å². The van der Waals surface area contributed by atoms with E-state index in [1.807, 2.05) is 13.8 Å². The smallest absolute Gasteiger partial charge is 0.138 e. The average Bonchev–Trinajstić information content (AvgIpc) is 3.01. The third-order valence-corrected chi connectivity index (χ3v) is 4.96. The summed E-state index contributed by atoms with van der Waals surface area (Å²) in [5.74, 6) is 0.965. The quantitative estimate of drug-likeness (QED) is 0.869. The van der Waals surface area contributed by atoms with E-state index in [2.05, 4.69) is 31.8 Å². The van der Waals surface area contributed by atoms with Crippen molar-refractivity contribution in [1.82, 2.24) is 15.0 Å². The van der Waals surface area contributed by atoms with Crippen LogP contribution in [0.5, 0.6) is 0 Å². The van der Waals surface area contributed by atoms with E-state index in [1.165, 1.54) is 24.1 Å². The van der Waals surface area contributed by atoms with Gasteiger partial charge in [0.1, 0.15) is 5.76 Å². The maximum absolute atomic E-state index is 5.27. The molecule has 0 unspecified atom stereocenters. The SMILES string of the molecule is Cc1noc(C)c1CN1CCCN(Cc2ccsc2)CC1. The summed E-state index contributed by atoms with van der Waals surface area (Å²) >= 11 is 1.79. The Morgan fingerprint density at radius 3 is 2.52 bits per heavy atom. The van der Waals surface area contributed by atoms with Crippen LogP contribution in [0.15, 0.2) is 21.3 Å². The number of thiophene rings is 1. The van der Waals surface area contributed by atoms with Crippen LogP contribution in [-0.2, 0) is 13.1 Å². The summed E-state index contributed by atoms with van der Waals surface area (Å²) in [4.78, 5) is 5.09. The van der Waals surface area contributed by atoms with Gasteiger partial charge in [-0.3, -0.25) is 9.80 Å². The van der Waals surface area contributed by atoms with E-state index in [-0.39, 0.29) is 0 Å². The van der Waals surface area contributed by atoms with Crippen molar-refractivity contribution in [2.45, 2.75) is 33.4 Å². The van der Waals surface area contributed by atoms with Crippen molar-refractivity contribution >= 4 is 11.3 Å². The molecule has 1 saturated heterocycles. The Bertz CT molecular complexity index is 545. The van der Waals surface area contributed by atoms with E-state index in [4.69, 9.17) is 4.52 Å². The number of aryl methyl sites for hydroxylation is 2. The Hall–Kier alpha value is -1.17. The molecular formula is C16H23N3OS. The standard InChI is InChI=1S/C16H23N3OS/c1-13-16(14(2)20-17-13)11-19-6-3-5-18(7-8-19)10-15-4-9-21-12-15/h4,9,12H,3,5-8,10-11H2,1-2H3. The fourth-order valence-corrected chi connectivity index (χ4v) is 3.59. The van der Waals surface area contributed by atoms with Crippen LogP contribution in [0.3, 0.4) is 0 Å². The summed E-state index contributed by atoms with van der Waals surface area (Å²) in [7, 11) is 0. The molecule has 2 aromatic rings. The van der Waals surface area contributed by atoms with Gasteiger partial charge in [0.15, 0.2) is 0 Å². The molecule has 0 aliphatic carbocycles. The van der Waals surface area contributed by atoms with Gasteiger partial charge in [0.25, 0.3) is 0 Å². The molecule has 114 valence electrons. The van der Waals surface area contributed by atoms with E-state index in [9.17, 15) is 0 Å². The van der Waals surface area contributed by atoms with Crippen LogP contribution in [0.4, 0.5) is 0 Å². The first kappa shape index (κ1) is 14.8. The first-order chi connectivity index (χ1) is 10.2. The van der Waals surface area contributed by atoms with Crippen LogP contribution in [0.25, 0.3) is 0 Å². The lowest BCUT2D eigenvalue weighted by Crippen LogP contribution is -2.30. The number of aromatic nitrogens is 1. The van der Waals surface area contributed by atoms with Crippen LogP contribution >= 0.6 is 11.3 Å². The van der Waals surface area contributed by atoms with Crippen molar-refractivity contribution in [3.05, 3.63) is 39.4 Å². The minimum absolute atomic E-state index is 0.965. The van der Waals surface area contributed by atoms with Gasteiger partial charge in [-0.2, -0.15) is 11.3 Å². The lowest BCUT2D eigenvalue weighted by molar-refractivity contribution is 0.246. The summed E-state index contributed by atoms with van der Waals surface area (Å²) in [5.41, 5.74) is 3.74. The molecule has 0 radical (unpaired) electrons. The molecule has 0 aromatic carbocycles. The molecule has 1 fully saturated rings. The molecule has 0 atom stereocenters. The van der Waals surface area contributed by atoms with Crippen LogP contribution in [-0.4, -0.2) is 41.1 Å². The van der Waals surface area contributed by atoms with Gasteiger partial charge in [-0.1, -0.05) is 5.16 Å². The van der Waals surface area contributed by atoms with Crippen molar-refractivity contribution in [3.8, 4) is 0 Å². The number of hydrogen-bond acceptors (Lipinski definition) is 5. The molecule has 3 rings (SSSR count). The maximum atomic E-state index is 5.27. The largest absolute Gasteiger partial charge is 0.361 e. The Balaban J connectivity index is 1.56. The first-order valence-corrected chi connectivity index (χ1v) is 8.54. The zero-order valence-electron chi connectivity index (χ0n) is 12.8. The van der Waals surface area contributed by atoms with Crippen molar-refractivity contribution < 1.29 is 4.52 Å². The van der Waals surface area contributed by atoms with Crippen molar-refractivity contribution in [2.24, 2.45) is 0 Å². The highest BCUT2D eigenvalue weighted by atomic mass is 32.1. The molecule has 3 heterocycles. The van der Waals surface area contributed by atoms with E-state index >= 15 is 0 Å². The second-order valence-corrected chi connectivity index (χ2v) is 6.62. The van der Waals surface area contributed by atoms with Gasteiger partial charge in [0, 0.05) is 31.7 Å². The lowest BCUT2D eigenvalue weighted by atomic mass is 10.2. The normalized spacial score (nSPS) is 18.0. The zero-order chi connectivity index (χ0) is 14.7. The monoisotopic (exact) mass is 305 g/mol. The van der Waals surface area contributed by atoms with Gasteiger partial charge in [0.2, 0.25) is 0 Å². The van der Waals surface area contributed by atoms with Gasteiger partial charge < -0.3 is 4.52 Å². The highest BCUT2D eigenvalue weighted by molar-refractivity contribution is 7.07. The summed E-state index contributed by atoms with van der Waals surface area (Å²) in [6.45, 7) is 10.7. The second kappa shape index (κ2) is 6.73. The Kier molecular flexibility index (Phi) is 4.73. The van der Waals surface area contributed by atoms with Crippen LogP contribution in [0.2, 0.25) is 0 Å². The molecule has 5 heteroatoms. The molecule has 0 N–H and O–H groups in total. The molecule has 0 spiro atoms. The maximum Gasteiger partial charge on any atom is 0.138 e. The molecule has 0 amide bonds. The topological polar surface area (TPSA) is 32.5 Å². The number of hydrogen-bond donors (Lipinski definition) is 0. The van der Waals surface area contributed by atoms with Gasteiger partial charge in [-0.05, 0) is 55.7 Å². The minimum Gasteiger partial charge on any atom is -0.361 e. The summed E-state index contributed by atoms with van der Waals surface area (Å²) in [6, 6.07) is 2.23. The first-order valence-electron chi connectivity index (χ1n) is 7.60. The number of nitrogens with zero attached hydrogens (tertiary/aromatic N) is 3. The molecule has 1 aliphatic heterocycles. The minimum atomic E-state index is 0.965. The molecule has 1 aliphatic rings. The number of rotatable bonds is 4. The van der Waals surface area contributed by atoms with E-state index in [0.717, 1.165) is 44.2 Å². The predicted octanol–water partition coefficient (Wildman–Crippen LogP) is 3.06. The van der Waals surface area contributed by atoms with Gasteiger partial charge in [0.05, 0.1) is 5.69 Å². The molecule has 2 aromatic heterocycles.